The van der Waals surface area contributed by atoms with Gasteiger partial charge in [-0.05, 0) is 24.3 Å². The summed E-state index contributed by atoms with van der Waals surface area (Å²) >= 11 is 6.39. The number of hydrogen-bond acceptors (Lipinski definition) is 5. The van der Waals surface area contributed by atoms with Gasteiger partial charge >= 0.3 is 0 Å². The van der Waals surface area contributed by atoms with Crippen LogP contribution in [0.5, 0.6) is 0 Å². The summed E-state index contributed by atoms with van der Waals surface area (Å²) in [5.41, 5.74) is 3.90. The smallest absolute Gasteiger partial charge is 0.256 e. The summed E-state index contributed by atoms with van der Waals surface area (Å²) in [6.07, 6.45) is 4.88. The Morgan fingerprint density at radius 1 is 1.03 bits per heavy atom. The van der Waals surface area contributed by atoms with E-state index in [4.69, 9.17) is 16.6 Å². The second-order valence-corrected chi connectivity index (χ2v) is 7.64. The molecular formula is C24H17ClN6O. The first kappa shape index (κ1) is 19.8. The summed E-state index contributed by atoms with van der Waals surface area (Å²) in [6, 6.07) is 18.5. The van der Waals surface area contributed by atoms with Gasteiger partial charge in [0.1, 0.15) is 6.33 Å². The van der Waals surface area contributed by atoms with Gasteiger partial charge in [0, 0.05) is 34.8 Å². The number of nitrogens with zero attached hydrogens (tertiary/aromatic N) is 5. The molecule has 32 heavy (non-hydrogen) atoms. The van der Waals surface area contributed by atoms with Crippen molar-refractivity contribution in [2.75, 3.05) is 5.32 Å². The maximum absolute atomic E-state index is 13.3. The van der Waals surface area contributed by atoms with Crippen LogP contribution in [0.15, 0.2) is 79.4 Å². The normalized spacial score (nSPS) is 10.9. The number of rotatable bonds is 4. The Morgan fingerprint density at radius 3 is 2.66 bits per heavy atom. The summed E-state index contributed by atoms with van der Waals surface area (Å²) in [6.45, 7) is 0. The van der Waals surface area contributed by atoms with Gasteiger partial charge in [-0.15, -0.1) is 10.2 Å². The fourth-order valence-corrected chi connectivity index (χ4v) is 3.78. The summed E-state index contributed by atoms with van der Waals surface area (Å²) in [5.74, 6) is 0.387. The topological polar surface area (TPSA) is 85.6 Å². The minimum absolute atomic E-state index is 0.270. The standard InChI is InChI=1S/C24H17ClN6O/c1-31-14-27-30-23(31)15-10-16(13-26-12-15)28-24(32)19-11-22(18-7-2-4-8-20(18)25)29-21-9-5-3-6-17(19)21/h2-14H,1H3,(H,28,32). The zero-order valence-corrected chi connectivity index (χ0v) is 17.8. The minimum Gasteiger partial charge on any atom is -0.321 e. The van der Waals surface area contributed by atoms with Crippen molar-refractivity contribution in [3.05, 3.63) is 90.0 Å². The average molecular weight is 441 g/mol. The lowest BCUT2D eigenvalue weighted by molar-refractivity contribution is 0.102. The van der Waals surface area contributed by atoms with E-state index in [1.807, 2.05) is 55.6 Å². The fraction of sp³-hybridized carbons (Fsp3) is 0.0417. The van der Waals surface area contributed by atoms with Crippen molar-refractivity contribution < 1.29 is 4.79 Å². The number of halogens is 1. The highest BCUT2D eigenvalue weighted by Crippen LogP contribution is 2.30. The van der Waals surface area contributed by atoms with Crippen LogP contribution < -0.4 is 5.32 Å². The van der Waals surface area contributed by atoms with E-state index >= 15 is 0 Å². The van der Waals surface area contributed by atoms with Gasteiger partial charge in [0.25, 0.3) is 5.91 Å². The number of carbonyl (C=O) groups excluding carboxylic acids is 1. The highest BCUT2D eigenvalue weighted by Gasteiger charge is 2.16. The second kappa shape index (κ2) is 8.20. The van der Waals surface area contributed by atoms with Crippen LogP contribution in [0, 0.1) is 0 Å². The first-order chi connectivity index (χ1) is 15.6. The number of aryl methyl sites for hydroxylation is 1. The zero-order chi connectivity index (χ0) is 22.1. The van der Waals surface area contributed by atoms with Crippen molar-refractivity contribution in [1.82, 2.24) is 24.7 Å². The third-order valence-electron chi connectivity index (χ3n) is 5.08. The van der Waals surface area contributed by atoms with Crippen LogP contribution in [0.3, 0.4) is 0 Å². The zero-order valence-electron chi connectivity index (χ0n) is 17.0. The van der Waals surface area contributed by atoms with Crippen LogP contribution >= 0.6 is 11.6 Å². The van der Waals surface area contributed by atoms with Crippen LogP contribution in [0.2, 0.25) is 5.02 Å². The van der Waals surface area contributed by atoms with E-state index in [1.54, 1.807) is 35.4 Å². The molecule has 0 unspecified atom stereocenters. The number of pyridine rings is 2. The molecule has 0 saturated heterocycles. The molecule has 7 nitrogen and oxygen atoms in total. The molecule has 0 bridgehead atoms. The quantitative estimate of drug-likeness (QED) is 0.425. The lowest BCUT2D eigenvalue weighted by Gasteiger charge is -2.12. The summed E-state index contributed by atoms with van der Waals surface area (Å²) in [4.78, 5) is 22.3. The molecule has 0 aliphatic heterocycles. The Hall–Kier alpha value is -4.10. The van der Waals surface area contributed by atoms with Gasteiger partial charge in [-0.3, -0.25) is 9.78 Å². The first-order valence-corrected chi connectivity index (χ1v) is 10.2. The van der Waals surface area contributed by atoms with Gasteiger partial charge in [0.15, 0.2) is 5.82 Å². The molecule has 156 valence electrons. The number of para-hydroxylation sites is 1. The molecule has 2 aromatic carbocycles. The second-order valence-electron chi connectivity index (χ2n) is 7.23. The average Bonchev–Trinajstić information content (AvgIpc) is 3.24. The van der Waals surface area contributed by atoms with Gasteiger partial charge in [0.2, 0.25) is 0 Å². The number of fused-ring (bicyclic) bond motifs is 1. The maximum Gasteiger partial charge on any atom is 0.256 e. The number of aromatic nitrogens is 5. The predicted octanol–water partition coefficient (Wildman–Crippen LogP) is 5.00. The number of nitrogens with one attached hydrogen (secondary N) is 1. The molecule has 0 spiro atoms. The van der Waals surface area contributed by atoms with Crippen LogP contribution in [0.1, 0.15) is 10.4 Å². The van der Waals surface area contributed by atoms with Gasteiger partial charge in [-0.1, -0.05) is 48.0 Å². The predicted molar refractivity (Wildman–Crippen MR) is 124 cm³/mol. The third-order valence-corrected chi connectivity index (χ3v) is 5.41. The van der Waals surface area contributed by atoms with Crippen molar-refractivity contribution in [3.8, 4) is 22.6 Å². The van der Waals surface area contributed by atoms with Crippen molar-refractivity contribution >= 4 is 34.1 Å². The number of anilines is 1. The third kappa shape index (κ3) is 3.70. The van der Waals surface area contributed by atoms with Crippen molar-refractivity contribution in [1.29, 1.82) is 0 Å². The number of benzene rings is 2. The van der Waals surface area contributed by atoms with E-state index in [2.05, 4.69) is 20.5 Å². The summed E-state index contributed by atoms with van der Waals surface area (Å²) < 4.78 is 1.79. The lowest BCUT2D eigenvalue weighted by atomic mass is 10.0. The van der Waals surface area contributed by atoms with Crippen LogP contribution in [0.4, 0.5) is 5.69 Å². The summed E-state index contributed by atoms with van der Waals surface area (Å²) in [5, 5.41) is 12.3. The minimum atomic E-state index is -0.270. The molecule has 5 rings (SSSR count). The molecule has 0 atom stereocenters. The molecule has 1 amide bonds. The summed E-state index contributed by atoms with van der Waals surface area (Å²) in [7, 11) is 1.85. The van der Waals surface area contributed by atoms with E-state index in [0.29, 0.717) is 33.3 Å². The number of carbonyl (C=O) groups is 1. The Bertz CT molecular complexity index is 1460. The molecule has 3 aromatic heterocycles. The molecule has 0 fully saturated rings. The van der Waals surface area contributed by atoms with E-state index in [0.717, 1.165) is 16.5 Å². The Labute approximate surface area is 188 Å². The van der Waals surface area contributed by atoms with E-state index in [1.165, 1.54) is 0 Å². The maximum atomic E-state index is 13.3. The molecule has 0 saturated carbocycles. The van der Waals surface area contributed by atoms with Crippen LogP contribution in [-0.4, -0.2) is 30.6 Å². The first-order valence-electron chi connectivity index (χ1n) is 9.85. The van der Waals surface area contributed by atoms with Crippen LogP contribution in [-0.2, 0) is 7.05 Å². The molecule has 0 radical (unpaired) electrons. The largest absolute Gasteiger partial charge is 0.321 e. The lowest BCUT2D eigenvalue weighted by Crippen LogP contribution is -2.13. The molecule has 3 heterocycles. The Balaban J connectivity index is 1.55. The van der Waals surface area contributed by atoms with Crippen molar-refractivity contribution in [3.63, 3.8) is 0 Å². The number of hydrogen-bond donors (Lipinski definition) is 1. The van der Waals surface area contributed by atoms with Gasteiger partial charge in [-0.25, -0.2) is 4.98 Å². The van der Waals surface area contributed by atoms with E-state index < -0.39 is 0 Å². The van der Waals surface area contributed by atoms with Crippen LogP contribution in [0.25, 0.3) is 33.5 Å². The SMILES string of the molecule is Cn1cnnc1-c1cncc(NC(=O)c2cc(-c3ccccc3Cl)nc3ccccc23)c1. The Kier molecular flexibility index (Phi) is 5.09. The van der Waals surface area contributed by atoms with Gasteiger partial charge in [0.05, 0.1) is 28.7 Å². The molecule has 1 N–H and O–H groups in total. The molecule has 0 aliphatic carbocycles. The van der Waals surface area contributed by atoms with E-state index in [9.17, 15) is 4.79 Å². The van der Waals surface area contributed by atoms with Crippen molar-refractivity contribution in [2.24, 2.45) is 7.05 Å². The Morgan fingerprint density at radius 2 is 1.84 bits per heavy atom. The highest BCUT2D eigenvalue weighted by molar-refractivity contribution is 6.33. The molecule has 8 heteroatoms. The fourth-order valence-electron chi connectivity index (χ4n) is 3.54. The van der Waals surface area contributed by atoms with E-state index in [-0.39, 0.29) is 5.91 Å². The molecular weight excluding hydrogens is 424 g/mol. The van der Waals surface area contributed by atoms with Gasteiger partial charge < -0.3 is 9.88 Å². The monoisotopic (exact) mass is 440 g/mol. The highest BCUT2D eigenvalue weighted by atomic mass is 35.5. The van der Waals surface area contributed by atoms with Crippen molar-refractivity contribution in [2.45, 2.75) is 0 Å². The number of amides is 1. The molecule has 5 aromatic rings. The molecule has 0 aliphatic rings. The van der Waals surface area contributed by atoms with Gasteiger partial charge in [-0.2, -0.15) is 0 Å².